The van der Waals surface area contributed by atoms with E-state index in [2.05, 4.69) is 15.1 Å². The first-order chi connectivity index (χ1) is 6.77. The van der Waals surface area contributed by atoms with E-state index < -0.39 is 0 Å². The molecule has 0 aliphatic carbocycles. The fraction of sp³-hybridized carbons (Fsp3) is 0. The predicted molar refractivity (Wildman–Crippen MR) is 55.0 cm³/mol. The number of pyridine rings is 1. The van der Waals surface area contributed by atoms with Gasteiger partial charge in [0.1, 0.15) is 11.3 Å². The Kier molecular flexibility index (Phi) is 2.19. The Morgan fingerprint density at radius 2 is 2.07 bits per heavy atom. The van der Waals surface area contributed by atoms with Gasteiger partial charge in [-0.05, 0) is 12.1 Å². The van der Waals surface area contributed by atoms with Gasteiger partial charge in [-0.2, -0.15) is 0 Å². The van der Waals surface area contributed by atoms with Crippen molar-refractivity contribution in [1.29, 1.82) is 0 Å². The lowest BCUT2D eigenvalue weighted by molar-refractivity contribution is 0.872. The minimum atomic E-state index is 0.192. The summed E-state index contributed by atoms with van der Waals surface area (Å²) in [5, 5.41) is 4.09. The van der Waals surface area contributed by atoms with Crippen LogP contribution in [0.1, 0.15) is 5.82 Å². The third kappa shape index (κ3) is 1.60. The van der Waals surface area contributed by atoms with Crippen molar-refractivity contribution in [3.05, 3.63) is 36.7 Å². The van der Waals surface area contributed by atoms with Crippen molar-refractivity contribution < 1.29 is 0 Å². The molecular weight excluding hydrogens is 198 g/mol. The summed E-state index contributed by atoms with van der Waals surface area (Å²) in [4.78, 5) is 8.05. The van der Waals surface area contributed by atoms with E-state index in [4.69, 9.17) is 18.0 Å². The summed E-state index contributed by atoms with van der Waals surface area (Å²) in [5.41, 5.74) is 6.26. The minimum absolute atomic E-state index is 0.192. The topological polar surface area (TPSA) is 69.6 Å². The van der Waals surface area contributed by atoms with Gasteiger partial charge >= 0.3 is 0 Å². The van der Waals surface area contributed by atoms with Gasteiger partial charge in [0.25, 0.3) is 0 Å². The molecule has 0 spiro atoms. The highest BCUT2D eigenvalue weighted by atomic mass is 32.1. The Labute approximate surface area is 85.6 Å². The summed E-state index contributed by atoms with van der Waals surface area (Å²) in [6.45, 7) is 0. The Hall–Kier alpha value is -1.82. The molecule has 70 valence electrons. The molecule has 2 aromatic rings. The van der Waals surface area contributed by atoms with Gasteiger partial charge < -0.3 is 5.73 Å². The van der Waals surface area contributed by atoms with Crippen molar-refractivity contribution in [2.45, 2.75) is 0 Å². The average Bonchev–Trinajstić information content (AvgIpc) is 2.68. The molecule has 0 saturated heterocycles. The fourth-order valence-corrected chi connectivity index (χ4v) is 1.09. The van der Waals surface area contributed by atoms with Crippen LogP contribution in [0.15, 0.2) is 30.9 Å². The van der Waals surface area contributed by atoms with Crippen molar-refractivity contribution in [2.24, 2.45) is 5.73 Å². The highest BCUT2D eigenvalue weighted by Gasteiger charge is 2.03. The summed E-state index contributed by atoms with van der Waals surface area (Å²) in [6.07, 6.45) is 4.92. The third-order valence-corrected chi connectivity index (χ3v) is 1.82. The number of nitrogens with two attached hydrogens (primary N) is 1. The van der Waals surface area contributed by atoms with E-state index >= 15 is 0 Å². The molecule has 2 rings (SSSR count). The monoisotopic (exact) mass is 205 g/mol. The first kappa shape index (κ1) is 8.76. The van der Waals surface area contributed by atoms with Crippen LogP contribution in [0.2, 0.25) is 0 Å². The summed E-state index contributed by atoms with van der Waals surface area (Å²) >= 11 is 4.75. The normalized spacial score (nSPS) is 10.0. The van der Waals surface area contributed by atoms with Crippen LogP contribution in [0.4, 0.5) is 0 Å². The highest BCUT2D eigenvalue weighted by Crippen LogP contribution is 2.02. The van der Waals surface area contributed by atoms with Gasteiger partial charge in [-0.3, -0.25) is 4.98 Å². The largest absolute Gasteiger partial charge is 0.387 e. The van der Waals surface area contributed by atoms with Crippen LogP contribution in [0.5, 0.6) is 0 Å². The zero-order valence-electron chi connectivity index (χ0n) is 7.16. The van der Waals surface area contributed by atoms with E-state index in [0.29, 0.717) is 5.82 Å². The number of thiocarbonyl (C=S) groups is 1. The van der Waals surface area contributed by atoms with E-state index in [0.717, 1.165) is 5.69 Å². The van der Waals surface area contributed by atoms with Crippen LogP contribution in [0.25, 0.3) is 5.69 Å². The quantitative estimate of drug-likeness (QED) is 0.714. The number of hydrogen-bond donors (Lipinski definition) is 1. The first-order valence-corrected chi connectivity index (χ1v) is 4.30. The van der Waals surface area contributed by atoms with Crippen LogP contribution in [-0.4, -0.2) is 24.7 Å². The molecule has 6 heteroatoms. The molecule has 0 fully saturated rings. The molecule has 2 N–H and O–H groups in total. The number of hydrogen-bond acceptors (Lipinski definition) is 4. The molecule has 0 aliphatic rings. The number of nitrogens with zero attached hydrogens (tertiary/aromatic N) is 4. The van der Waals surface area contributed by atoms with Crippen molar-refractivity contribution in [3.63, 3.8) is 0 Å². The Morgan fingerprint density at radius 3 is 2.64 bits per heavy atom. The number of aromatic nitrogens is 4. The smallest absolute Gasteiger partial charge is 0.208 e. The van der Waals surface area contributed by atoms with Gasteiger partial charge in [-0.1, -0.05) is 12.2 Å². The molecule has 0 aromatic carbocycles. The zero-order chi connectivity index (χ0) is 9.97. The molecule has 2 aromatic heterocycles. The van der Waals surface area contributed by atoms with Crippen LogP contribution >= 0.6 is 12.2 Å². The molecule has 0 unspecified atom stereocenters. The average molecular weight is 205 g/mol. The Balaban J connectivity index is 2.39. The molecular formula is C8H7N5S. The van der Waals surface area contributed by atoms with Gasteiger partial charge in [0.15, 0.2) is 0 Å². The maximum absolute atomic E-state index is 5.39. The molecule has 0 aliphatic heterocycles. The SMILES string of the molecule is NC(=S)c1ncn(-c2ccncc2)n1. The molecule has 0 bridgehead atoms. The van der Waals surface area contributed by atoms with E-state index in [1.807, 2.05) is 12.1 Å². The molecule has 2 heterocycles. The second-order valence-corrected chi connectivity index (χ2v) is 3.02. The lowest BCUT2D eigenvalue weighted by Crippen LogP contribution is -2.12. The van der Waals surface area contributed by atoms with Gasteiger partial charge in [0.05, 0.1) is 5.69 Å². The lowest BCUT2D eigenvalue weighted by atomic mass is 10.4. The van der Waals surface area contributed by atoms with Crippen LogP contribution < -0.4 is 5.73 Å². The highest BCUT2D eigenvalue weighted by molar-refractivity contribution is 7.80. The van der Waals surface area contributed by atoms with E-state index in [-0.39, 0.29) is 4.99 Å². The van der Waals surface area contributed by atoms with Crippen molar-refractivity contribution in [3.8, 4) is 5.69 Å². The van der Waals surface area contributed by atoms with E-state index in [1.165, 1.54) is 0 Å². The van der Waals surface area contributed by atoms with Crippen LogP contribution in [0.3, 0.4) is 0 Å². The standard InChI is InChI=1S/C8H7N5S/c9-7(14)8-11-5-13(12-8)6-1-3-10-4-2-6/h1-5H,(H2,9,14). The second kappa shape index (κ2) is 3.51. The Bertz CT molecular complexity index is 450. The first-order valence-electron chi connectivity index (χ1n) is 3.89. The molecule has 0 atom stereocenters. The molecule has 0 radical (unpaired) electrons. The summed E-state index contributed by atoms with van der Waals surface area (Å²) < 4.78 is 1.59. The maximum Gasteiger partial charge on any atom is 0.208 e. The van der Waals surface area contributed by atoms with Gasteiger partial charge in [-0.25, -0.2) is 9.67 Å². The lowest BCUT2D eigenvalue weighted by Gasteiger charge is -1.96. The van der Waals surface area contributed by atoms with Gasteiger partial charge in [0, 0.05) is 12.4 Å². The van der Waals surface area contributed by atoms with Crippen LogP contribution in [0, 0.1) is 0 Å². The third-order valence-electron chi connectivity index (χ3n) is 1.64. The van der Waals surface area contributed by atoms with E-state index in [1.54, 1.807) is 23.4 Å². The Morgan fingerprint density at radius 1 is 1.36 bits per heavy atom. The van der Waals surface area contributed by atoms with Gasteiger partial charge in [0.2, 0.25) is 5.82 Å². The molecule has 5 nitrogen and oxygen atoms in total. The maximum atomic E-state index is 5.39. The number of rotatable bonds is 2. The predicted octanol–water partition coefficient (Wildman–Crippen LogP) is 0.297. The molecule has 14 heavy (non-hydrogen) atoms. The molecule has 0 saturated carbocycles. The summed E-state index contributed by atoms with van der Waals surface area (Å²) in [5.74, 6) is 0.372. The summed E-state index contributed by atoms with van der Waals surface area (Å²) in [6, 6.07) is 3.63. The minimum Gasteiger partial charge on any atom is -0.387 e. The van der Waals surface area contributed by atoms with Crippen LogP contribution in [-0.2, 0) is 0 Å². The summed E-state index contributed by atoms with van der Waals surface area (Å²) in [7, 11) is 0. The fourth-order valence-electron chi connectivity index (χ4n) is 0.997. The van der Waals surface area contributed by atoms with E-state index in [9.17, 15) is 0 Å². The second-order valence-electron chi connectivity index (χ2n) is 2.58. The van der Waals surface area contributed by atoms with Gasteiger partial charge in [-0.15, -0.1) is 5.10 Å². The van der Waals surface area contributed by atoms with Crippen molar-refractivity contribution in [1.82, 2.24) is 19.7 Å². The van der Waals surface area contributed by atoms with Crippen molar-refractivity contribution >= 4 is 17.2 Å². The molecule has 0 amide bonds. The zero-order valence-corrected chi connectivity index (χ0v) is 7.98. The van der Waals surface area contributed by atoms with Crippen molar-refractivity contribution in [2.75, 3.05) is 0 Å².